The molecule has 2 aliphatic heterocycles. The Hall–Kier alpha value is -1.73. The molecule has 12 heteroatoms. The number of sulfonamides is 2. The highest BCUT2D eigenvalue weighted by atomic mass is 32.2. The molecule has 1 N–H and O–H groups in total. The standard InChI is InChI=1S/C18H27N3O7S2/c1-3-28-17-7-6-14(30(25,26)20-9-11-27-12-10-20)13-15(17)19-18(22)16-5-4-8-21(16)29(2,23)24/h6-7,13,16H,3-5,8-12H2,1-2H3,(H,19,22)/t16-/m0/s1. The summed E-state index contributed by atoms with van der Waals surface area (Å²) >= 11 is 0. The summed E-state index contributed by atoms with van der Waals surface area (Å²) in [5, 5.41) is 2.68. The molecule has 0 bridgehead atoms. The lowest BCUT2D eigenvalue weighted by atomic mass is 10.2. The van der Waals surface area contributed by atoms with Crippen molar-refractivity contribution in [2.75, 3.05) is 51.0 Å². The number of hydrogen-bond acceptors (Lipinski definition) is 7. The molecule has 2 fully saturated rings. The van der Waals surface area contributed by atoms with Gasteiger partial charge in [0.15, 0.2) is 0 Å². The molecule has 0 aliphatic carbocycles. The van der Waals surface area contributed by atoms with Gasteiger partial charge in [-0.25, -0.2) is 16.8 Å². The zero-order valence-electron chi connectivity index (χ0n) is 17.0. The summed E-state index contributed by atoms with van der Waals surface area (Å²) < 4.78 is 63.1. The van der Waals surface area contributed by atoms with Gasteiger partial charge in [-0.2, -0.15) is 8.61 Å². The van der Waals surface area contributed by atoms with E-state index in [-0.39, 0.29) is 30.2 Å². The molecule has 1 aromatic carbocycles. The lowest BCUT2D eigenvalue weighted by Crippen LogP contribution is -2.42. The maximum absolute atomic E-state index is 13.0. The van der Waals surface area contributed by atoms with Crippen molar-refractivity contribution in [2.24, 2.45) is 0 Å². The van der Waals surface area contributed by atoms with Gasteiger partial charge in [-0.1, -0.05) is 0 Å². The van der Waals surface area contributed by atoms with Crippen molar-refractivity contribution < 1.29 is 31.1 Å². The molecule has 2 saturated heterocycles. The monoisotopic (exact) mass is 461 g/mol. The highest BCUT2D eigenvalue weighted by molar-refractivity contribution is 7.89. The van der Waals surface area contributed by atoms with Gasteiger partial charge in [-0.15, -0.1) is 0 Å². The summed E-state index contributed by atoms with van der Waals surface area (Å²) in [6, 6.07) is 3.45. The second kappa shape index (κ2) is 9.18. The molecule has 1 amide bonds. The van der Waals surface area contributed by atoms with Gasteiger partial charge < -0.3 is 14.8 Å². The van der Waals surface area contributed by atoms with Crippen molar-refractivity contribution in [3.8, 4) is 5.75 Å². The first-order valence-corrected chi connectivity index (χ1v) is 13.1. The van der Waals surface area contributed by atoms with Crippen molar-refractivity contribution >= 4 is 31.6 Å². The van der Waals surface area contributed by atoms with Crippen LogP contribution in [0.5, 0.6) is 5.75 Å². The largest absolute Gasteiger partial charge is 0.492 e. The third-order valence-electron chi connectivity index (χ3n) is 5.05. The summed E-state index contributed by atoms with van der Waals surface area (Å²) in [6.45, 7) is 3.52. The number of rotatable bonds is 7. The number of carbonyl (C=O) groups excluding carboxylic acids is 1. The Kier molecular flexibility index (Phi) is 7.02. The van der Waals surface area contributed by atoms with Gasteiger partial charge in [0.1, 0.15) is 11.8 Å². The van der Waals surface area contributed by atoms with Gasteiger partial charge >= 0.3 is 0 Å². The predicted octanol–water partition coefficient (Wildman–Crippen LogP) is 0.469. The first kappa shape index (κ1) is 22.9. The van der Waals surface area contributed by atoms with E-state index < -0.39 is 32.0 Å². The van der Waals surface area contributed by atoms with E-state index in [0.717, 1.165) is 10.6 Å². The summed E-state index contributed by atoms with van der Waals surface area (Å²) in [5.74, 6) is -0.199. The molecule has 10 nitrogen and oxygen atoms in total. The van der Waals surface area contributed by atoms with E-state index in [1.54, 1.807) is 6.92 Å². The zero-order chi connectivity index (χ0) is 21.9. The van der Waals surface area contributed by atoms with E-state index in [0.29, 0.717) is 38.4 Å². The smallest absolute Gasteiger partial charge is 0.243 e. The molecule has 0 radical (unpaired) electrons. The number of carbonyl (C=O) groups is 1. The Balaban J connectivity index is 1.89. The molecule has 2 heterocycles. The average molecular weight is 462 g/mol. The van der Waals surface area contributed by atoms with Gasteiger partial charge in [0.05, 0.1) is 36.7 Å². The van der Waals surface area contributed by atoms with Crippen LogP contribution in [0.25, 0.3) is 0 Å². The highest BCUT2D eigenvalue weighted by Crippen LogP contribution is 2.31. The topological polar surface area (TPSA) is 122 Å². The first-order chi connectivity index (χ1) is 14.1. The van der Waals surface area contributed by atoms with Gasteiger partial charge in [-0.3, -0.25) is 4.79 Å². The maximum atomic E-state index is 13.0. The molecule has 0 spiro atoms. The van der Waals surface area contributed by atoms with Gasteiger partial charge in [0, 0.05) is 19.6 Å². The van der Waals surface area contributed by atoms with E-state index >= 15 is 0 Å². The maximum Gasteiger partial charge on any atom is 0.243 e. The van der Waals surface area contributed by atoms with Crippen molar-refractivity contribution in [3.05, 3.63) is 18.2 Å². The van der Waals surface area contributed by atoms with Gasteiger partial charge in [0.25, 0.3) is 0 Å². The van der Waals surface area contributed by atoms with Crippen molar-refractivity contribution in [1.29, 1.82) is 0 Å². The highest BCUT2D eigenvalue weighted by Gasteiger charge is 2.37. The van der Waals surface area contributed by atoms with Crippen LogP contribution in [-0.4, -0.2) is 83.1 Å². The molecule has 1 atom stereocenters. The molecule has 30 heavy (non-hydrogen) atoms. The van der Waals surface area contributed by atoms with Crippen LogP contribution in [0, 0.1) is 0 Å². The Labute approximate surface area is 177 Å². The predicted molar refractivity (Wildman–Crippen MR) is 110 cm³/mol. The lowest BCUT2D eigenvalue weighted by Gasteiger charge is -2.26. The van der Waals surface area contributed by atoms with Crippen molar-refractivity contribution in [2.45, 2.75) is 30.7 Å². The Bertz CT molecular complexity index is 989. The molecule has 3 rings (SSSR count). The van der Waals surface area contributed by atoms with Crippen LogP contribution in [0.1, 0.15) is 19.8 Å². The second-order valence-electron chi connectivity index (χ2n) is 7.13. The van der Waals surface area contributed by atoms with Crippen LogP contribution in [0.15, 0.2) is 23.1 Å². The minimum Gasteiger partial charge on any atom is -0.492 e. The second-order valence-corrected chi connectivity index (χ2v) is 11.0. The Morgan fingerprint density at radius 2 is 1.90 bits per heavy atom. The minimum atomic E-state index is -3.76. The van der Waals surface area contributed by atoms with Crippen LogP contribution in [0.2, 0.25) is 0 Å². The van der Waals surface area contributed by atoms with Crippen LogP contribution < -0.4 is 10.1 Å². The lowest BCUT2D eigenvalue weighted by molar-refractivity contribution is -0.119. The van der Waals surface area contributed by atoms with Crippen LogP contribution >= 0.6 is 0 Å². The molecule has 0 unspecified atom stereocenters. The van der Waals surface area contributed by atoms with E-state index in [2.05, 4.69) is 5.32 Å². The normalized spacial score (nSPS) is 21.5. The van der Waals surface area contributed by atoms with Crippen LogP contribution in [0.4, 0.5) is 5.69 Å². The zero-order valence-corrected chi connectivity index (χ0v) is 18.7. The molecule has 0 saturated carbocycles. The number of ether oxygens (including phenoxy) is 2. The number of anilines is 1. The number of benzene rings is 1. The number of nitrogens with one attached hydrogen (secondary N) is 1. The Morgan fingerprint density at radius 3 is 2.53 bits per heavy atom. The molecule has 1 aromatic rings. The first-order valence-electron chi connectivity index (χ1n) is 9.77. The molecule has 0 aromatic heterocycles. The van der Waals surface area contributed by atoms with E-state index in [9.17, 15) is 21.6 Å². The quantitative estimate of drug-likeness (QED) is 0.626. The van der Waals surface area contributed by atoms with Crippen LogP contribution in [0.3, 0.4) is 0 Å². The fourth-order valence-corrected chi connectivity index (χ4v) is 6.16. The van der Waals surface area contributed by atoms with Gasteiger partial charge in [0.2, 0.25) is 26.0 Å². The van der Waals surface area contributed by atoms with E-state index in [1.165, 1.54) is 22.5 Å². The summed E-state index contributed by atoms with van der Waals surface area (Å²) in [4.78, 5) is 12.9. The number of morpholine rings is 1. The van der Waals surface area contributed by atoms with Gasteiger partial charge in [-0.05, 0) is 38.0 Å². The number of amides is 1. The Morgan fingerprint density at radius 1 is 1.20 bits per heavy atom. The van der Waals surface area contributed by atoms with E-state index in [4.69, 9.17) is 9.47 Å². The fourth-order valence-electron chi connectivity index (χ4n) is 3.60. The number of nitrogens with zero attached hydrogens (tertiary/aromatic N) is 2. The fraction of sp³-hybridized carbons (Fsp3) is 0.611. The average Bonchev–Trinajstić information content (AvgIpc) is 3.21. The minimum absolute atomic E-state index is 0.0227. The molecule has 2 aliphatic rings. The number of hydrogen-bond donors (Lipinski definition) is 1. The third kappa shape index (κ3) is 4.94. The summed E-state index contributed by atoms with van der Waals surface area (Å²) in [7, 11) is -7.29. The summed E-state index contributed by atoms with van der Waals surface area (Å²) in [5.41, 5.74) is 0.191. The molecular weight excluding hydrogens is 434 g/mol. The van der Waals surface area contributed by atoms with Crippen molar-refractivity contribution in [1.82, 2.24) is 8.61 Å². The third-order valence-corrected chi connectivity index (χ3v) is 8.23. The van der Waals surface area contributed by atoms with Crippen molar-refractivity contribution in [3.63, 3.8) is 0 Å². The summed E-state index contributed by atoms with van der Waals surface area (Å²) in [6.07, 6.45) is 2.04. The molecular formula is C18H27N3O7S2. The molecule has 168 valence electrons. The van der Waals surface area contributed by atoms with Crippen LogP contribution in [-0.2, 0) is 29.6 Å². The van der Waals surface area contributed by atoms with E-state index in [1.807, 2.05) is 0 Å². The SMILES string of the molecule is CCOc1ccc(S(=O)(=O)N2CCOCC2)cc1NC(=O)[C@@H]1CCCN1S(C)(=O)=O.